The summed E-state index contributed by atoms with van der Waals surface area (Å²) >= 11 is 1.59. The monoisotopic (exact) mass is 374 g/mol. The lowest BCUT2D eigenvalue weighted by Gasteiger charge is -2.35. The number of methoxy groups -OCH3 is 2. The first-order chi connectivity index (χ1) is 12.6. The molecule has 0 spiro atoms. The third-order valence-corrected chi connectivity index (χ3v) is 5.30. The van der Waals surface area contributed by atoms with Gasteiger partial charge in [-0.2, -0.15) is 0 Å². The Bertz CT molecular complexity index is 746. The quantitative estimate of drug-likeness (QED) is 0.806. The van der Waals surface area contributed by atoms with E-state index >= 15 is 0 Å². The number of thiophene rings is 1. The number of carbonyl (C=O) groups is 2. The molecule has 0 bridgehead atoms. The maximum atomic E-state index is 12.8. The summed E-state index contributed by atoms with van der Waals surface area (Å²) in [6, 6.07) is 9.07. The van der Waals surface area contributed by atoms with E-state index in [2.05, 4.69) is 0 Å². The standard InChI is InChI=1S/C19H22N2O4S/c1-24-15-10-14(11-16(12-15)25-2)19(23)21-7-5-20(6-8-21)18(22)13-17-4-3-9-26-17/h3-4,9-12H,5-8,13H2,1-2H3. The lowest BCUT2D eigenvalue weighted by Crippen LogP contribution is -2.51. The van der Waals surface area contributed by atoms with Gasteiger partial charge in [-0.15, -0.1) is 11.3 Å². The third kappa shape index (κ3) is 4.16. The zero-order valence-corrected chi connectivity index (χ0v) is 15.8. The van der Waals surface area contributed by atoms with Crippen molar-refractivity contribution >= 4 is 23.2 Å². The van der Waals surface area contributed by atoms with Crippen LogP contribution in [0.4, 0.5) is 0 Å². The van der Waals surface area contributed by atoms with Gasteiger partial charge in [0.2, 0.25) is 5.91 Å². The highest BCUT2D eigenvalue weighted by Crippen LogP contribution is 2.24. The van der Waals surface area contributed by atoms with Gasteiger partial charge >= 0.3 is 0 Å². The van der Waals surface area contributed by atoms with E-state index in [-0.39, 0.29) is 11.8 Å². The fraction of sp³-hybridized carbons (Fsp3) is 0.368. The van der Waals surface area contributed by atoms with Crippen molar-refractivity contribution < 1.29 is 19.1 Å². The lowest BCUT2D eigenvalue weighted by atomic mass is 10.1. The predicted molar refractivity (Wildman–Crippen MR) is 100 cm³/mol. The number of carbonyl (C=O) groups excluding carboxylic acids is 2. The topological polar surface area (TPSA) is 59.1 Å². The van der Waals surface area contributed by atoms with Gasteiger partial charge in [0.25, 0.3) is 5.91 Å². The number of rotatable bonds is 5. The molecule has 7 heteroatoms. The van der Waals surface area contributed by atoms with Crippen molar-refractivity contribution in [2.24, 2.45) is 0 Å². The molecule has 2 heterocycles. The van der Waals surface area contributed by atoms with E-state index in [0.717, 1.165) is 4.88 Å². The van der Waals surface area contributed by atoms with Crippen molar-refractivity contribution in [2.45, 2.75) is 6.42 Å². The van der Waals surface area contributed by atoms with Crippen molar-refractivity contribution in [1.29, 1.82) is 0 Å². The molecular formula is C19H22N2O4S. The largest absolute Gasteiger partial charge is 0.497 e. The highest BCUT2D eigenvalue weighted by molar-refractivity contribution is 7.10. The van der Waals surface area contributed by atoms with Crippen LogP contribution in [0.5, 0.6) is 11.5 Å². The Labute approximate surface area is 156 Å². The summed E-state index contributed by atoms with van der Waals surface area (Å²) in [6.07, 6.45) is 0.429. The van der Waals surface area contributed by atoms with Crippen LogP contribution < -0.4 is 9.47 Å². The Kier molecular flexibility index (Phi) is 5.78. The summed E-state index contributed by atoms with van der Waals surface area (Å²) in [7, 11) is 3.11. The summed E-state index contributed by atoms with van der Waals surface area (Å²) in [5.41, 5.74) is 0.527. The van der Waals surface area contributed by atoms with E-state index < -0.39 is 0 Å². The molecule has 0 radical (unpaired) electrons. The van der Waals surface area contributed by atoms with Gasteiger partial charge in [0, 0.05) is 42.7 Å². The Balaban J connectivity index is 1.60. The van der Waals surface area contributed by atoms with Gasteiger partial charge in [0.15, 0.2) is 0 Å². The highest BCUT2D eigenvalue weighted by Gasteiger charge is 2.25. The molecule has 0 aliphatic carbocycles. The van der Waals surface area contributed by atoms with Crippen molar-refractivity contribution in [3.8, 4) is 11.5 Å². The molecule has 2 aromatic rings. The van der Waals surface area contributed by atoms with E-state index in [9.17, 15) is 9.59 Å². The molecule has 0 N–H and O–H groups in total. The molecule has 0 atom stereocenters. The number of ether oxygens (including phenoxy) is 2. The van der Waals surface area contributed by atoms with Crippen molar-refractivity contribution in [3.63, 3.8) is 0 Å². The van der Waals surface area contributed by atoms with E-state index in [0.29, 0.717) is 49.7 Å². The van der Waals surface area contributed by atoms with Crippen molar-refractivity contribution in [3.05, 3.63) is 46.2 Å². The maximum Gasteiger partial charge on any atom is 0.254 e. The zero-order chi connectivity index (χ0) is 18.5. The molecule has 3 rings (SSSR count). The summed E-state index contributed by atoms with van der Waals surface area (Å²) in [4.78, 5) is 29.8. The molecule has 6 nitrogen and oxygen atoms in total. The number of nitrogens with zero attached hydrogens (tertiary/aromatic N) is 2. The summed E-state index contributed by atoms with van der Waals surface area (Å²) in [5.74, 6) is 1.20. The Hall–Kier alpha value is -2.54. The SMILES string of the molecule is COc1cc(OC)cc(C(=O)N2CCN(C(=O)Cc3cccs3)CC2)c1. The lowest BCUT2D eigenvalue weighted by molar-refractivity contribution is -0.131. The van der Waals surface area contributed by atoms with Gasteiger partial charge in [-0.25, -0.2) is 0 Å². The van der Waals surface area contributed by atoms with Crippen LogP contribution in [-0.4, -0.2) is 62.0 Å². The van der Waals surface area contributed by atoms with E-state index in [1.54, 1.807) is 48.7 Å². The highest BCUT2D eigenvalue weighted by atomic mass is 32.1. The molecule has 1 saturated heterocycles. The second-order valence-corrected chi connectivity index (χ2v) is 7.06. The van der Waals surface area contributed by atoms with Gasteiger partial charge in [-0.1, -0.05) is 6.07 Å². The van der Waals surface area contributed by atoms with Gasteiger partial charge in [0.05, 0.1) is 20.6 Å². The maximum absolute atomic E-state index is 12.8. The first-order valence-electron chi connectivity index (χ1n) is 8.43. The molecule has 138 valence electrons. The number of amides is 2. The first kappa shape index (κ1) is 18.3. The van der Waals surface area contributed by atoms with Gasteiger partial charge in [-0.05, 0) is 23.6 Å². The minimum absolute atomic E-state index is 0.0763. The fourth-order valence-electron chi connectivity index (χ4n) is 2.95. The second-order valence-electron chi connectivity index (χ2n) is 6.03. The van der Waals surface area contributed by atoms with Crippen LogP contribution in [0.25, 0.3) is 0 Å². The molecule has 1 aliphatic rings. The molecule has 2 amide bonds. The average Bonchev–Trinajstić information content (AvgIpc) is 3.20. The smallest absolute Gasteiger partial charge is 0.254 e. The normalized spacial score (nSPS) is 14.2. The van der Waals surface area contributed by atoms with Crippen LogP contribution >= 0.6 is 11.3 Å². The number of piperazine rings is 1. The fourth-order valence-corrected chi connectivity index (χ4v) is 3.64. The molecule has 1 aromatic heterocycles. The second kappa shape index (κ2) is 8.23. The summed E-state index contributed by atoms with van der Waals surface area (Å²) in [5, 5.41) is 1.97. The number of hydrogen-bond acceptors (Lipinski definition) is 5. The van der Waals surface area contributed by atoms with Crippen LogP contribution in [0.15, 0.2) is 35.7 Å². The van der Waals surface area contributed by atoms with Crippen LogP contribution in [0.3, 0.4) is 0 Å². The Morgan fingerprint density at radius 2 is 1.62 bits per heavy atom. The van der Waals surface area contributed by atoms with Crippen LogP contribution in [0, 0.1) is 0 Å². The number of hydrogen-bond donors (Lipinski definition) is 0. The molecule has 0 saturated carbocycles. The van der Waals surface area contributed by atoms with Gasteiger partial charge < -0.3 is 19.3 Å². The van der Waals surface area contributed by atoms with Crippen molar-refractivity contribution in [1.82, 2.24) is 9.80 Å². The summed E-state index contributed by atoms with van der Waals surface area (Å²) in [6.45, 7) is 2.15. The molecular weight excluding hydrogens is 352 g/mol. The molecule has 26 heavy (non-hydrogen) atoms. The van der Waals surface area contributed by atoms with Gasteiger partial charge in [0.1, 0.15) is 11.5 Å². The Morgan fingerprint density at radius 1 is 1.00 bits per heavy atom. The van der Waals surface area contributed by atoms with Crippen LogP contribution in [0.2, 0.25) is 0 Å². The van der Waals surface area contributed by atoms with E-state index in [1.807, 2.05) is 22.4 Å². The molecule has 1 aromatic carbocycles. The first-order valence-corrected chi connectivity index (χ1v) is 9.31. The zero-order valence-electron chi connectivity index (χ0n) is 14.9. The van der Waals surface area contributed by atoms with E-state index in [4.69, 9.17) is 9.47 Å². The minimum Gasteiger partial charge on any atom is -0.497 e. The number of benzene rings is 1. The minimum atomic E-state index is -0.0763. The predicted octanol–water partition coefficient (Wildman–Crippen LogP) is 2.29. The van der Waals surface area contributed by atoms with Crippen molar-refractivity contribution in [2.75, 3.05) is 40.4 Å². The third-order valence-electron chi connectivity index (χ3n) is 4.42. The Morgan fingerprint density at radius 3 is 2.15 bits per heavy atom. The summed E-state index contributed by atoms with van der Waals surface area (Å²) < 4.78 is 10.5. The van der Waals surface area contributed by atoms with E-state index in [1.165, 1.54) is 0 Å². The van der Waals surface area contributed by atoms with Crippen LogP contribution in [0.1, 0.15) is 15.2 Å². The van der Waals surface area contributed by atoms with Gasteiger partial charge in [-0.3, -0.25) is 9.59 Å². The molecule has 1 fully saturated rings. The average molecular weight is 374 g/mol. The molecule has 1 aliphatic heterocycles. The molecule has 0 unspecified atom stereocenters. The van der Waals surface area contributed by atoms with Crippen LogP contribution in [-0.2, 0) is 11.2 Å².